The lowest BCUT2D eigenvalue weighted by molar-refractivity contribution is 0.0488. The van der Waals surface area contributed by atoms with Crippen LogP contribution in [-0.4, -0.2) is 59.9 Å². The lowest BCUT2D eigenvalue weighted by Gasteiger charge is -2.36. The molecule has 1 fully saturated rings. The molecule has 0 spiro atoms. The van der Waals surface area contributed by atoms with Gasteiger partial charge in [0.25, 0.3) is 0 Å². The normalized spacial score (nSPS) is 20.7. The Balaban J connectivity index is 1.99. The second-order valence-corrected chi connectivity index (χ2v) is 7.06. The van der Waals surface area contributed by atoms with Crippen molar-refractivity contribution in [1.29, 1.82) is 0 Å². The monoisotopic (exact) mass is 339 g/mol. The predicted octanol–water partition coefficient (Wildman–Crippen LogP) is 1.15. The quantitative estimate of drug-likeness (QED) is 0.524. The molecular formula is C21H29N3O. The summed E-state index contributed by atoms with van der Waals surface area (Å²) < 4.78 is 0. The molecule has 25 heavy (non-hydrogen) atoms. The van der Waals surface area contributed by atoms with Crippen molar-refractivity contribution in [1.82, 2.24) is 9.80 Å². The highest BCUT2D eigenvalue weighted by Crippen LogP contribution is 2.52. The largest absolute Gasteiger partial charge is 0.391 e. The SMILES string of the molecule is C#CCN(C)C1(N(C)CC#C)CC1CC(O)C(N)Cc1ccccc1. The van der Waals surface area contributed by atoms with Crippen LogP contribution in [0.1, 0.15) is 18.4 Å². The fourth-order valence-electron chi connectivity index (χ4n) is 3.84. The molecule has 0 radical (unpaired) electrons. The maximum atomic E-state index is 10.6. The van der Waals surface area contributed by atoms with Gasteiger partial charge in [-0.1, -0.05) is 42.2 Å². The van der Waals surface area contributed by atoms with Crippen molar-refractivity contribution < 1.29 is 5.11 Å². The third-order valence-electron chi connectivity index (χ3n) is 5.35. The minimum absolute atomic E-state index is 0.174. The van der Waals surface area contributed by atoms with Crippen LogP contribution < -0.4 is 5.73 Å². The van der Waals surface area contributed by atoms with Gasteiger partial charge in [0.05, 0.1) is 24.9 Å². The number of aliphatic hydroxyl groups is 1. The van der Waals surface area contributed by atoms with Crippen LogP contribution >= 0.6 is 0 Å². The van der Waals surface area contributed by atoms with E-state index < -0.39 is 6.10 Å². The fraction of sp³-hybridized carbons (Fsp3) is 0.524. The van der Waals surface area contributed by atoms with Crippen molar-refractivity contribution >= 4 is 0 Å². The molecule has 0 bridgehead atoms. The van der Waals surface area contributed by atoms with Gasteiger partial charge in [-0.25, -0.2) is 0 Å². The van der Waals surface area contributed by atoms with Gasteiger partial charge >= 0.3 is 0 Å². The summed E-state index contributed by atoms with van der Waals surface area (Å²) in [7, 11) is 4.03. The van der Waals surface area contributed by atoms with Gasteiger partial charge in [-0.15, -0.1) is 12.8 Å². The molecular weight excluding hydrogens is 310 g/mol. The number of hydrogen-bond acceptors (Lipinski definition) is 4. The second kappa shape index (κ2) is 8.52. The van der Waals surface area contributed by atoms with Crippen LogP contribution in [0.25, 0.3) is 0 Å². The molecule has 3 N–H and O–H groups in total. The van der Waals surface area contributed by atoms with E-state index in [1.807, 2.05) is 44.4 Å². The molecule has 4 heteroatoms. The third kappa shape index (κ3) is 4.42. The van der Waals surface area contributed by atoms with E-state index in [2.05, 4.69) is 21.6 Å². The van der Waals surface area contributed by atoms with Crippen molar-refractivity contribution in [2.75, 3.05) is 27.2 Å². The molecule has 0 heterocycles. The first-order valence-corrected chi connectivity index (χ1v) is 8.72. The summed E-state index contributed by atoms with van der Waals surface area (Å²) in [5.74, 6) is 5.71. The molecule has 4 nitrogen and oxygen atoms in total. The zero-order valence-electron chi connectivity index (χ0n) is 15.2. The van der Waals surface area contributed by atoms with Crippen LogP contribution in [0.15, 0.2) is 30.3 Å². The number of benzene rings is 1. The molecule has 1 aliphatic rings. The highest BCUT2D eigenvalue weighted by atomic mass is 16.3. The van der Waals surface area contributed by atoms with E-state index in [4.69, 9.17) is 18.6 Å². The summed E-state index contributed by atoms with van der Waals surface area (Å²) in [6.45, 7) is 1.11. The van der Waals surface area contributed by atoms with E-state index in [1.54, 1.807) is 0 Å². The molecule has 3 unspecified atom stereocenters. The molecule has 0 saturated heterocycles. The van der Waals surface area contributed by atoms with Crippen molar-refractivity contribution in [2.45, 2.75) is 37.1 Å². The Labute approximate surface area is 152 Å². The van der Waals surface area contributed by atoms with Crippen molar-refractivity contribution in [3.63, 3.8) is 0 Å². The topological polar surface area (TPSA) is 52.7 Å². The van der Waals surface area contributed by atoms with E-state index in [-0.39, 0.29) is 11.7 Å². The van der Waals surface area contributed by atoms with Crippen LogP contribution in [0, 0.1) is 30.6 Å². The van der Waals surface area contributed by atoms with Crippen LogP contribution in [0.4, 0.5) is 0 Å². The van der Waals surface area contributed by atoms with Gasteiger partial charge in [-0.05, 0) is 44.8 Å². The van der Waals surface area contributed by atoms with E-state index in [9.17, 15) is 5.11 Å². The average Bonchev–Trinajstić information content (AvgIpc) is 3.31. The maximum absolute atomic E-state index is 10.6. The van der Waals surface area contributed by atoms with Crippen molar-refractivity contribution in [2.24, 2.45) is 11.7 Å². The minimum atomic E-state index is -0.550. The Morgan fingerprint density at radius 1 is 1.20 bits per heavy atom. The number of nitrogens with two attached hydrogens (primary N) is 1. The highest BCUT2D eigenvalue weighted by molar-refractivity contribution is 5.17. The molecule has 0 aromatic heterocycles. The lowest BCUT2D eigenvalue weighted by Crippen LogP contribution is -2.50. The van der Waals surface area contributed by atoms with Crippen LogP contribution in [-0.2, 0) is 6.42 Å². The molecule has 3 atom stereocenters. The first kappa shape index (κ1) is 19.5. The lowest BCUT2D eigenvalue weighted by atomic mass is 9.98. The van der Waals surface area contributed by atoms with Gasteiger partial charge in [0.1, 0.15) is 0 Å². The van der Waals surface area contributed by atoms with E-state index in [1.165, 1.54) is 0 Å². The summed E-state index contributed by atoms with van der Waals surface area (Å²) in [6.07, 6.45) is 12.7. The van der Waals surface area contributed by atoms with E-state index in [0.29, 0.717) is 31.8 Å². The molecule has 1 saturated carbocycles. The highest BCUT2D eigenvalue weighted by Gasteiger charge is 2.59. The first-order valence-electron chi connectivity index (χ1n) is 8.72. The third-order valence-corrected chi connectivity index (χ3v) is 5.35. The number of nitrogens with zero attached hydrogens (tertiary/aromatic N) is 2. The summed E-state index contributed by atoms with van der Waals surface area (Å²) in [4.78, 5) is 4.31. The zero-order chi connectivity index (χ0) is 18.4. The summed E-state index contributed by atoms with van der Waals surface area (Å²) >= 11 is 0. The van der Waals surface area contributed by atoms with Gasteiger partial charge in [0.15, 0.2) is 0 Å². The Morgan fingerprint density at radius 2 is 1.76 bits per heavy atom. The molecule has 1 aliphatic carbocycles. The number of hydrogen-bond donors (Lipinski definition) is 2. The summed E-state index contributed by atoms with van der Waals surface area (Å²) in [6, 6.07) is 9.75. The van der Waals surface area contributed by atoms with Crippen LogP contribution in [0.2, 0.25) is 0 Å². The molecule has 134 valence electrons. The number of aliphatic hydroxyl groups excluding tert-OH is 1. The van der Waals surface area contributed by atoms with Crippen LogP contribution in [0.3, 0.4) is 0 Å². The molecule has 1 aromatic carbocycles. The predicted molar refractivity (Wildman–Crippen MR) is 103 cm³/mol. The van der Waals surface area contributed by atoms with Crippen LogP contribution in [0.5, 0.6) is 0 Å². The zero-order valence-corrected chi connectivity index (χ0v) is 15.2. The van der Waals surface area contributed by atoms with Gasteiger partial charge < -0.3 is 10.8 Å². The first-order chi connectivity index (χ1) is 12.0. The number of rotatable bonds is 9. The second-order valence-electron chi connectivity index (χ2n) is 7.06. The molecule has 1 aromatic rings. The average molecular weight is 339 g/mol. The van der Waals surface area contributed by atoms with E-state index in [0.717, 1.165) is 12.0 Å². The van der Waals surface area contributed by atoms with Gasteiger partial charge in [0, 0.05) is 6.04 Å². The van der Waals surface area contributed by atoms with E-state index >= 15 is 0 Å². The number of terminal acetylenes is 2. The summed E-state index contributed by atoms with van der Waals surface area (Å²) in [5.41, 5.74) is 7.21. The molecule has 0 amide bonds. The van der Waals surface area contributed by atoms with Crippen molar-refractivity contribution in [3.05, 3.63) is 35.9 Å². The Kier molecular flexibility index (Phi) is 6.64. The van der Waals surface area contributed by atoms with Gasteiger partial charge in [-0.2, -0.15) is 0 Å². The molecule has 2 rings (SSSR count). The smallest absolute Gasteiger partial charge is 0.0783 e. The van der Waals surface area contributed by atoms with Gasteiger partial charge in [-0.3, -0.25) is 9.80 Å². The Morgan fingerprint density at radius 3 is 2.28 bits per heavy atom. The maximum Gasteiger partial charge on any atom is 0.0783 e. The standard InChI is InChI=1S/C21H29N3O/c1-5-12-23(3)21(24(4)13-6-2)16-18(21)15-20(25)19(22)14-17-10-8-7-9-11-17/h1-2,7-11,18-20,25H,12-16,22H2,3-4H3. The Bertz CT molecular complexity index is 609. The molecule has 0 aliphatic heterocycles. The minimum Gasteiger partial charge on any atom is -0.391 e. The van der Waals surface area contributed by atoms with Crippen molar-refractivity contribution in [3.8, 4) is 24.7 Å². The summed E-state index contributed by atoms with van der Waals surface area (Å²) in [5, 5.41) is 10.6. The Hall–Kier alpha value is -1.82. The fourth-order valence-corrected chi connectivity index (χ4v) is 3.84. The van der Waals surface area contributed by atoms with Gasteiger partial charge in [0.2, 0.25) is 0 Å².